The number of rotatable bonds is 2. The van der Waals surface area contributed by atoms with Crippen molar-refractivity contribution in [2.75, 3.05) is 20.1 Å². The van der Waals surface area contributed by atoms with E-state index < -0.39 is 17.6 Å². The van der Waals surface area contributed by atoms with Gasteiger partial charge >= 0.3 is 6.18 Å². The molecule has 1 fully saturated rings. The molecule has 7 heteroatoms. The highest BCUT2D eigenvalue weighted by atomic mass is 19.4. The van der Waals surface area contributed by atoms with Crippen molar-refractivity contribution in [2.24, 2.45) is 0 Å². The standard InChI is InChI=1S/C20H16F4N2O/c1-26-11-15(8-13-4-6-25-7-5-13)19(27)16(12-26)9-14-2-3-18(21)17(10-14)20(22,23)24/h2-10H,11-12H2,1H3/b15-8?,16-9+. The number of Topliss-reactive ketones (excluding diaryl/α,β-unsaturated/α-hetero) is 1. The molecule has 2 heterocycles. The molecule has 0 atom stereocenters. The van der Waals surface area contributed by atoms with Gasteiger partial charge in [0.15, 0.2) is 5.78 Å². The first-order chi connectivity index (χ1) is 12.7. The summed E-state index contributed by atoms with van der Waals surface area (Å²) >= 11 is 0. The molecular formula is C20H16F4N2O. The van der Waals surface area contributed by atoms with Crippen LogP contribution in [0.15, 0.2) is 53.9 Å². The Morgan fingerprint density at radius 3 is 2.19 bits per heavy atom. The summed E-state index contributed by atoms with van der Waals surface area (Å²) < 4.78 is 52.2. The van der Waals surface area contributed by atoms with Gasteiger partial charge in [-0.2, -0.15) is 13.2 Å². The van der Waals surface area contributed by atoms with Gasteiger partial charge in [-0.3, -0.25) is 14.7 Å². The lowest BCUT2D eigenvalue weighted by Gasteiger charge is -2.26. The van der Waals surface area contributed by atoms with Crippen molar-refractivity contribution in [2.45, 2.75) is 6.18 Å². The zero-order chi connectivity index (χ0) is 19.6. The number of hydrogen-bond donors (Lipinski definition) is 0. The molecule has 0 spiro atoms. The summed E-state index contributed by atoms with van der Waals surface area (Å²) in [5.74, 6) is -1.57. The second-order valence-corrected chi connectivity index (χ2v) is 6.36. The van der Waals surface area contributed by atoms with Crippen molar-refractivity contribution in [3.63, 3.8) is 0 Å². The van der Waals surface area contributed by atoms with Gasteiger partial charge in [-0.1, -0.05) is 6.07 Å². The van der Waals surface area contributed by atoms with Crippen LogP contribution in [0.1, 0.15) is 16.7 Å². The zero-order valence-corrected chi connectivity index (χ0v) is 14.4. The van der Waals surface area contributed by atoms with Crippen LogP contribution in [0.25, 0.3) is 12.2 Å². The van der Waals surface area contributed by atoms with E-state index >= 15 is 0 Å². The van der Waals surface area contributed by atoms with Crippen LogP contribution in [-0.4, -0.2) is 35.8 Å². The maximum atomic E-state index is 13.5. The zero-order valence-electron chi connectivity index (χ0n) is 14.4. The molecule has 1 aliphatic heterocycles. The van der Waals surface area contributed by atoms with Gasteiger partial charge in [-0.15, -0.1) is 0 Å². The van der Waals surface area contributed by atoms with Crippen molar-refractivity contribution in [1.29, 1.82) is 0 Å². The fraction of sp³-hybridized carbons (Fsp3) is 0.200. The van der Waals surface area contributed by atoms with Crippen LogP contribution in [0.2, 0.25) is 0 Å². The van der Waals surface area contributed by atoms with Gasteiger partial charge in [0, 0.05) is 36.6 Å². The number of likely N-dealkylation sites (tertiary alicyclic amines) is 1. The first-order valence-corrected chi connectivity index (χ1v) is 8.15. The number of hydrogen-bond acceptors (Lipinski definition) is 3. The molecule has 0 amide bonds. The average molecular weight is 376 g/mol. The fourth-order valence-corrected chi connectivity index (χ4v) is 2.92. The summed E-state index contributed by atoms with van der Waals surface area (Å²) in [6, 6.07) is 6.23. The number of halogens is 4. The van der Waals surface area contributed by atoms with E-state index in [4.69, 9.17) is 0 Å². The summed E-state index contributed by atoms with van der Waals surface area (Å²) in [7, 11) is 1.81. The summed E-state index contributed by atoms with van der Waals surface area (Å²) in [5, 5.41) is 0. The van der Waals surface area contributed by atoms with Crippen molar-refractivity contribution in [1.82, 2.24) is 9.88 Å². The van der Waals surface area contributed by atoms with Crippen LogP contribution in [0.5, 0.6) is 0 Å². The monoisotopic (exact) mass is 376 g/mol. The van der Waals surface area contributed by atoms with Gasteiger partial charge < -0.3 is 0 Å². The largest absolute Gasteiger partial charge is 0.419 e. The lowest BCUT2D eigenvalue weighted by atomic mass is 9.94. The highest BCUT2D eigenvalue weighted by Crippen LogP contribution is 2.32. The molecule has 0 N–H and O–H groups in total. The normalized spacial score (nSPS) is 19.1. The third-order valence-electron chi connectivity index (χ3n) is 4.15. The Hall–Kier alpha value is -2.80. The van der Waals surface area contributed by atoms with E-state index in [1.165, 1.54) is 12.1 Å². The number of carbonyl (C=O) groups excluding carboxylic acids is 1. The number of likely N-dealkylation sites (N-methyl/N-ethyl adjacent to an activating group) is 1. The second-order valence-electron chi connectivity index (χ2n) is 6.36. The summed E-state index contributed by atoms with van der Waals surface area (Å²) in [5.41, 5.74) is 0.471. The molecule has 2 aromatic rings. The highest BCUT2D eigenvalue weighted by Gasteiger charge is 2.34. The van der Waals surface area contributed by atoms with Crippen LogP contribution < -0.4 is 0 Å². The maximum Gasteiger partial charge on any atom is 0.419 e. The molecule has 0 saturated carbocycles. The van der Waals surface area contributed by atoms with Crippen LogP contribution in [0.3, 0.4) is 0 Å². The second kappa shape index (κ2) is 7.44. The van der Waals surface area contributed by atoms with E-state index in [1.807, 2.05) is 11.9 Å². The van der Waals surface area contributed by atoms with E-state index in [1.54, 1.807) is 30.6 Å². The van der Waals surface area contributed by atoms with E-state index in [-0.39, 0.29) is 11.3 Å². The molecule has 0 bridgehead atoms. The van der Waals surface area contributed by atoms with Gasteiger partial charge in [0.25, 0.3) is 0 Å². The Labute approximate surface area is 153 Å². The Kier molecular flexibility index (Phi) is 5.23. The number of nitrogens with zero attached hydrogens (tertiary/aromatic N) is 2. The molecule has 0 aliphatic carbocycles. The highest BCUT2D eigenvalue weighted by molar-refractivity contribution is 6.14. The number of benzene rings is 1. The van der Waals surface area contributed by atoms with Crippen LogP contribution >= 0.6 is 0 Å². The molecule has 3 rings (SSSR count). The number of carbonyl (C=O) groups is 1. The van der Waals surface area contributed by atoms with Gasteiger partial charge in [0.05, 0.1) is 5.56 Å². The predicted molar refractivity (Wildman–Crippen MR) is 94.1 cm³/mol. The number of piperidine rings is 1. The summed E-state index contributed by atoms with van der Waals surface area (Å²) in [4.78, 5) is 18.6. The van der Waals surface area contributed by atoms with E-state index in [2.05, 4.69) is 4.98 Å². The van der Waals surface area contributed by atoms with E-state index in [0.717, 1.165) is 17.7 Å². The van der Waals surface area contributed by atoms with E-state index in [9.17, 15) is 22.4 Å². The molecule has 140 valence electrons. The summed E-state index contributed by atoms with van der Waals surface area (Å²) in [6.45, 7) is 0.723. The fourth-order valence-electron chi connectivity index (χ4n) is 2.92. The third kappa shape index (κ3) is 4.49. The number of ketones is 1. The van der Waals surface area contributed by atoms with Crippen molar-refractivity contribution in [3.8, 4) is 0 Å². The predicted octanol–water partition coefficient (Wildman–Crippen LogP) is 4.22. The Morgan fingerprint density at radius 2 is 1.59 bits per heavy atom. The minimum Gasteiger partial charge on any atom is -0.298 e. The lowest BCUT2D eigenvalue weighted by Crippen LogP contribution is -2.34. The average Bonchev–Trinajstić information content (AvgIpc) is 2.60. The van der Waals surface area contributed by atoms with Gasteiger partial charge in [0.2, 0.25) is 0 Å². The van der Waals surface area contributed by atoms with Crippen LogP contribution in [0.4, 0.5) is 17.6 Å². The Balaban J connectivity index is 1.96. The maximum absolute atomic E-state index is 13.5. The molecule has 27 heavy (non-hydrogen) atoms. The van der Waals surface area contributed by atoms with Crippen molar-refractivity contribution < 1.29 is 22.4 Å². The SMILES string of the molecule is CN1CC(=Cc2ccncc2)C(=O)/C(=C/c2ccc(F)c(C(F)(F)F)c2)C1. The Morgan fingerprint density at radius 1 is 1.00 bits per heavy atom. The minimum atomic E-state index is -4.79. The van der Waals surface area contributed by atoms with Gasteiger partial charge in [0.1, 0.15) is 5.82 Å². The molecule has 1 saturated heterocycles. The number of alkyl halides is 3. The quantitative estimate of drug-likeness (QED) is 0.581. The first kappa shape index (κ1) is 19.0. The molecule has 1 aliphatic rings. The molecular weight excluding hydrogens is 360 g/mol. The third-order valence-corrected chi connectivity index (χ3v) is 4.15. The smallest absolute Gasteiger partial charge is 0.298 e. The van der Waals surface area contributed by atoms with Crippen LogP contribution in [0, 0.1) is 5.82 Å². The molecule has 0 unspecified atom stereocenters. The summed E-state index contributed by atoms with van der Waals surface area (Å²) in [6.07, 6.45) is 1.54. The molecule has 1 aromatic carbocycles. The topological polar surface area (TPSA) is 33.2 Å². The van der Waals surface area contributed by atoms with Gasteiger partial charge in [-0.25, -0.2) is 4.39 Å². The lowest BCUT2D eigenvalue weighted by molar-refractivity contribution is -0.140. The van der Waals surface area contributed by atoms with Crippen LogP contribution in [-0.2, 0) is 11.0 Å². The van der Waals surface area contributed by atoms with E-state index in [0.29, 0.717) is 24.2 Å². The molecule has 0 radical (unpaired) electrons. The van der Waals surface area contributed by atoms with Crippen molar-refractivity contribution >= 4 is 17.9 Å². The number of pyridine rings is 1. The number of aromatic nitrogens is 1. The first-order valence-electron chi connectivity index (χ1n) is 8.15. The molecule has 1 aromatic heterocycles. The van der Waals surface area contributed by atoms with Crippen molar-refractivity contribution in [3.05, 3.63) is 76.4 Å². The Bertz CT molecular complexity index is 917. The van der Waals surface area contributed by atoms with Gasteiger partial charge in [-0.05, 0) is 54.6 Å². The minimum absolute atomic E-state index is 0.130. The molecule has 3 nitrogen and oxygen atoms in total.